The van der Waals surface area contributed by atoms with Gasteiger partial charge in [0.25, 0.3) is 0 Å². The van der Waals surface area contributed by atoms with E-state index in [0.717, 1.165) is 25.7 Å². The Morgan fingerprint density at radius 2 is 2.00 bits per heavy atom. The van der Waals surface area contributed by atoms with E-state index in [-0.39, 0.29) is 0 Å². The fourth-order valence-electron chi connectivity index (χ4n) is 2.45. The molecule has 2 heterocycles. The first-order chi connectivity index (χ1) is 5.79. The summed E-state index contributed by atoms with van der Waals surface area (Å²) in [4.78, 5) is 0. The highest BCUT2D eigenvalue weighted by Crippen LogP contribution is 2.35. The molecule has 0 aromatic heterocycles. The topological polar surface area (TPSA) is 18.5 Å². The zero-order valence-corrected chi connectivity index (χ0v) is 7.95. The highest BCUT2D eigenvalue weighted by molar-refractivity contribution is 4.84. The smallest absolute Gasteiger partial charge is 0.0575 e. The summed E-state index contributed by atoms with van der Waals surface area (Å²) in [5.74, 6) is 2.24. The molecule has 2 heteroatoms. The van der Waals surface area contributed by atoms with Gasteiger partial charge in [0.15, 0.2) is 0 Å². The van der Waals surface area contributed by atoms with Crippen LogP contribution < -0.4 is 0 Å². The Morgan fingerprint density at radius 3 is 2.83 bits per heavy atom. The molecular formula is C10H18O2. The summed E-state index contributed by atoms with van der Waals surface area (Å²) in [5, 5.41) is 0. The van der Waals surface area contributed by atoms with Crippen LogP contribution in [0.3, 0.4) is 0 Å². The van der Waals surface area contributed by atoms with E-state index in [1.807, 2.05) is 0 Å². The lowest BCUT2D eigenvalue weighted by atomic mass is 9.75. The van der Waals surface area contributed by atoms with E-state index in [9.17, 15) is 0 Å². The third-order valence-corrected chi connectivity index (χ3v) is 3.52. The zero-order chi connectivity index (χ0) is 8.55. The summed E-state index contributed by atoms with van der Waals surface area (Å²) in [6, 6.07) is 0. The monoisotopic (exact) mass is 170 g/mol. The lowest BCUT2D eigenvalue weighted by Gasteiger charge is -2.42. The number of hydrogen-bond acceptors (Lipinski definition) is 2. The molecule has 0 spiro atoms. The molecule has 0 radical (unpaired) electrons. The van der Waals surface area contributed by atoms with E-state index in [4.69, 9.17) is 9.47 Å². The largest absolute Gasteiger partial charge is 0.381 e. The second-order valence-corrected chi connectivity index (χ2v) is 4.19. The van der Waals surface area contributed by atoms with Crippen molar-refractivity contribution in [2.24, 2.45) is 17.8 Å². The molecule has 4 atom stereocenters. The first-order valence-corrected chi connectivity index (χ1v) is 4.98. The average molecular weight is 170 g/mol. The summed E-state index contributed by atoms with van der Waals surface area (Å²) >= 11 is 0. The van der Waals surface area contributed by atoms with E-state index >= 15 is 0 Å². The molecule has 0 saturated carbocycles. The molecule has 0 N–H and O–H groups in total. The van der Waals surface area contributed by atoms with Gasteiger partial charge in [0.05, 0.1) is 19.3 Å². The van der Waals surface area contributed by atoms with Gasteiger partial charge in [-0.15, -0.1) is 0 Å². The summed E-state index contributed by atoms with van der Waals surface area (Å²) in [6.45, 7) is 7.29. The average Bonchev–Trinajstić information content (AvgIpc) is 2.12. The predicted octanol–water partition coefficient (Wildman–Crippen LogP) is 1.69. The molecule has 2 rings (SSSR count). The Morgan fingerprint density at radius 1 is 1.17 bits per heavy atom. The summed E-state index contributed by atoms with van der Waals surface area (Å²) in [5.41, 5.74) is 0. The molecule has 2 aliphatic heterocycles. The first kappa shape index (κ1) is 8.52. The van der Waals surface area contributed by atoms with Crippen LogP contribution in [-0.4, -0.2) is 25.9 Å². The molecule has 2 aliphatic rings. The second kappa shape index (κ2) is 3.35. The van der Waals surface area contributed by atoms with Crippen LogP contribution in [-0.2, 0) is 9.47 Å². The standard InChI is InChI=1S/C10H18O2/c1-7-8(2)12-6-9-5-11-4-3-10(7)9/h7-10H,3-6H2,1-2H3/t7-,8+,9+,10-/m1/s1. The zero-order valence-electron chi connectivity index (χ0n) is 7.95. The van der Waals surface area contributed by atoms with Crippen LogP contribution >= 0.6 is 0 Å². The molecule has 0 unspecified atom stereocenters. The second-order valence-electron chi connectivity index (χ2n) is 4.19. The molecule has 70 valence electrons. The summed E-state index contributed by atoms with van der Waals surface area (Å²) in [7, 11) is 0. The minimum absolute atomic E-state index is 0.448. The molecule has 12 heavy (non-hydrogen) atoms. The van der Waals surface area contributed by atoms with Crippen molar-refractivity contribution >= 4 is 0 Å². The fourth-order valence-corrected chi connectivity index (χ4v) is 2.45. The van der Waals surface area contributed by atoms with Gasteiger partial charge in [-0.1, -0.05) is 6.92 Å². The fraction of sp³-hybridized carbons (Fsp3) is 1.00. The van der Waals surface area contributed by atoms with Crippen molar-refractivity contribution in [1.29, 1.82) is 0 Å². The molecule has 0 aliphatic carbocycles. The third kappa shape index (κ3) is 1.38. The van der Waals surface area contributed by atoms with Crippen LogP contribution in [0.1, 0.15) is 20.3 Å². The van der Waals surface area contributed by atoms with Crippen molar-refractivity contribution in [3.63, 3.8) is 0 Å². The van der Waals surface area contributed by atoms with Gasteiger partial charge in [-0.2, -0.15) is 0 Å². The Balaban J connectivity index is 2.03. The van der Waals surface area contributed by atoms with Crippen molar-refractivity contribution in [1.82, 2.24) is 0 Å². The number of fused-ring (bicyclic) bond motifs is 1. The van der Waals surface area contributed by atoms with Crippen LogP contribution in [0.15, 0.2) is 0 Å². The van der Waals surface area contributed by atoms with Crippen LogP contribution in [0.25, 0.3) is 0 Å². The van der Waals surface area contributed by atoms with Crippen LogP contribution in [0, 0.1) is 17.8 Å². The van der Waals surface area contributed by atoms with Crippen molar-refractivity contribution in [2.45, 2.75) is 26.4 Å². The Bertz CT molecular complexity index is 156. The van der Waals surface area contributed by atoms with E-state index in [2.05, 4.69) is 13.8 Å². The Labute approximate surface area is 74.2 Å². The molecule has 0 amide bonds. The molecule has 0 aromatic carbocycles. The van der Waals surface area contributed by atoms with E-state index < -0.39 is 0 Å². The lowest BCUT2D eigenvalue weighted by molar-refractivity contribution is -0.126. The molecule has 0 bridgehead atoms. The molecule has 0 aromatic rings. The van der Waals surface area contributed by atoms with Gasteiger partial charge < -0.3 is 9.47 Å². The first-order valence-electron chi connectivity index (χ1n) is 4.98. The van der Waals surface area contributed by atoms with E-state index in [0.29, 0.717) is 17.9 Å². The molecule has 2 saturated heterocycles. The van der Waals surface area contributed by atoms with Gasteiger partial charge in [-0.05, 0) is 25.2 Å². The van der Waals surface area contributed by atoms with Crippen LogP contribution in [0.5, 0.6) is 0 Å². The minimum atomic E-state index is 0.448. The Hall–Kier alpha value is -0.0800. The van der Waals surface area contributed by atoms with Gasteiger partial charge in [0, 0.05) is 12.5 Å². The van der Waals surface area contributed by atoms with Gasteiger partial charge in [-0.3, -0.25) is 0 Å². The van der Waals surface area contributed by atoms with Crippen molar-refractivity contribution in [3.8, 4) is 0 Å². The Kier molecular flexibility index (Phi) is 2.37. The normalized spacial score (nSPS) is 48.5. The maximum Gasteiger partial charge on any atom is 0.0575 e. The molecule has 2 fully saturated rings. The SMILES string of the molecule is C[C@H]1[C@H]2CCOC[C@H]2CO[C@H]1C. The van der Waals surface area contributed by atoms with E-state index in [1.54, 1.807) is 0 Å². The van der Waals surface area contributed by atoms with E-state index in [1.165, 1.54) is 6.42 Å². The van der Waals surface area contributed by atoms with Gasteiger partial charge >= 0.3 is 0 Å². The third-order valence-electron chi connectivity index (χ3n) is 3.52. The highest BCUT2D eigenvalue weighted by Gasteiger charge is 2.37. The summed E-state index contributed by atoms with van der Waals surface area (Å²) in [6.07, 6.45) is 1.68. The van der Waals surface area contributed by atoms with Gasteiger partial charge in [-0.25, -0.2) is 0 Å². The quantitative estimate of drug-likeness (QED) is 0.551. The number of hydrogen-bond donors (Lipinski definition) is 0. The van der Waals surface area contributed by atoms with Crippen molar-refractivity contribution in [2.75, 3.05) is 19.8 Å². The highest BCUT2D eigenvalue weighted by atomic mass is 16.5. The van der Waals surface area contributed by atoms with Crippen molar-refractivity contribution in [3.05, 3.63) is 0 Å². The maximum absolute atomic E-state index is 5.68. The van der Waals surface area contributed by atoms with Crippen molar-refractivity contribution < 1.29 is 9.47 Å². The van der Waals surface area contributed by atoms with Gasteiger partial charge in [0.2, 0.25) is 0 Å². The maximum atomic E-state index is 5.68. The number of rotatable bonds is 0. The molecule has 2 nitrogen and oxygen atoms in total. The van der Waals surface area contributed by atoms with Crippen LogP contribution in [0.2, 0.25) is 0 Å². The number of ether oxygens (including phenoxy) is 2. The van der Waals surface area contributed by atoms with Crippen LogP contribution in [0.4, 0.5) is 0 Å². The lowest BCUT2D eigenvalue weighted by Crippen LogP contribution is -2.44. The minimum Gasteiger partial charge on any atom is -0.381 e. The van der Waals surface area contributed by atoms with Gasteiger partial charge in [0.1, 0.15) is 0 Å². The predicted molar refractivity (Wildman–Crippen MR) is 47.0 cm³/mol. The summed E-state index contributed by atoms with van der Waals surface area (Å²) < 4.78 is 11.1. The molecular weight excluding hydrogens is 152 g/mol.